The van der Waals surface area contributed by atoms with E-state index in [0.29, 0.717) is 42.0 Å². The van der Waals surface area contributed by atoms with E-state index in [4.69, 9.17) is 14.0 Å². The first kappa shape index (κ1) is 12.5. The van der Waals surface area contributed by atoms with E-state index < -0.39 is 0 Å². The molecule has 0 unspecified atom stereocenters. The molecule has 0 saturated carbocycles. The standard InChI is InChI=1S/C13H13N3O4/c1-8-15-11(20-16-8)7-14-13(17)9-3-2-4-10-12(9)19-6-5-18-10/h2-4H,5-7H2,1H3,(H,14,17). The number of fused-ring (bicyclic) bond motifs is 1. The van der Waals surface area contributed by atoms with Crippen LogP contribution in [0, 0.1) is 6.92 Å². The lowest BCUT2D eigenvalue weighted by Crippen LogP contribution is -2.25. The number of nitrogens with one attached hydrogen (secondary N) is 1. The molecule has 7 nitrogen and oxygen atoms in total. The molecule has 1 amide bonds. The van der Waals surface area contributed by atoms with Crippen LogP contribution in [-0.4, -0.2) is 29.3 Å². The number of carbonyl (C=O) groups excluding carboxylic acids is 1. The van der Waals surface area contributed by atoms with Gasteiger partial charge in [-0.2, -0.15) is 4.98 Å². The predicted molar refractivity (Wildman–Crippen MR) is 67.6 cm³/mol. The minimum Gasteiger partial charge on any atom is -0.486 e. The SMILES string of the molecule is Cc1noc(CNC(=O)c2cccc3c2OCCO3)n1. The molecule has 104 valence electrons. The number of aromatic nitrogens is 2. The van der Waals surface area contributed by atoms with Gasteiger partial charge in [0, 0.05) is 0 Å². The third-order valence-electron chi connectivity index (χ3n) is 2.78. The molecule has 0 bridgehead atoms. The van der Waals surface area contributed by atoms with E-state index in [2.05, 4.69) is 15.5 Å². The first-order valence-electron chi connectivity index (χ1n) is 6.20. The van der Waals surface area contributed by atoms with E-state index >= 15 is 0 Å². The smallest absolute Gasteiger partial charge is 0.255 e. The molecular weight excluding hydrogens is 262 g/mol. The minimum absolute atomic E-state index is 0.171. The highest BCUT2D eigenvalue weighted by molar-refractivity contribution is 5.97. The van der Waals surface area contributed by atoms with Gasteiger partial charge < -0.3 is 19.3 Å². The lowest BCUT2D eigenvalue weighted by molar-refractivity contribution is 0.0935. The monoisotopic (exact) mass is 275 g/mol. The molecule has 1 aromatic heterocycles. The van der Waals surface area contributed by atoms with Crippen LogP contribution in [0.4, 0.5) is 0 Å². The molecule has 3 rings (SSSR count). The Bertz CT molecular complexity index is 638. The van der Waals surface area contributed by atoms with Gasteiger partial charge >= 0.3 is 0 Å². The Morgan fingerprint density at radius 3 is 3.00 bits per heavy atom. The number of nitrogens with zero attached hydrogens (tertiary/aromatic N) is 2. The highest BCUT2D eigenvalue weighted by Gasteiger charge is 2.20. The van der Waals surface area contributed by atoms with Gasteiger partial charge in [0.25, 0.3) is 5.91 Å². The summed E-state index contributed by atoms with van der Waals surface area (Å²) >= 11 is 0. The maximum atomic E-state index is 12.2. The summed E-state index contributed by atoms with van der Waals surface area (Å²) in [5, 5.41) is 6.36. The summed E-state index contributed by atoms with van der Waals surface area (Å²) in [7, 11) is 0. The first-order valence-corrected chi connectivity index (χ1v) is 6.20. The Kier molecular flexibility index (Phi) is 3.24. The number of para-hydroxylation sites is 1. The van der Waals surface area contributed by atoms with Crippen LogP contribution >= 0.6 is 0 Å². The summed E-state index contributed by atoms with van der Waals surface area (Å²) in [5.74, 6) is 1.67. The third-order valence-corrected chi connectivity index (χ3v) is 2.78. The number of carbonyl (C=O) groups is 1. The highest BCUT2D eigenvalue weighted by atomic mass is 16.6. The van der Waals surface area contributed by atoms with Gasteiger partial charge in [-0.3, -0.25) is 4.79 Å². The Morgan fingerprint density at radius 1 is 1.35 bits per heavy atom. The Labute approximate surface area is 114 Å². The number of rotatable bonds is 3. The van der Waals surface area contributed by atoms with Crippen molar-refractivity contribution >= 4 is 5.91 Å². The lowest BCUT2D eigenvalue weighted by atomic mass is 10.1. The maximum absolute atomic E-state index is 12.2. The van der Waals surface area contributed by atoms with Crippen LogP contribution in [0.1, 0.15) is 22.1 Å². The number of ether oxygens (including phenoxy) is 2. The normalized spacial score (nSPS) is 13.1. The quantitative estimate of drug-likeness (QED) is 0.902. The van der Waals surface area contributed by atoms with Crippen LogP contribution in [0.5, 0.6) is 11.5 Å². The van der Waals surface area contributed by atoms with Crippen LogP contribution in [0.2, 0.25) is 0 Å². The van der Waals surface area contributed by atoms with Gasteiger partial charge in [-0.25, -0.2) is 0 Å². The van der Waals surface area contributed by atoms with Gasteiger partial charge in [0.2, 0.25) is 5.89 Å². The molecule has 1 aliphatic heterocycles. The maximum Gasteiger partial charge on any atom is 0.255 e. The van der Waals surface area contributed by atoms with Crippen molar-refractivity contribution in [2.75, 3.05) is 13.2 Å². The number of aryl methyl sites for hydroxylation is 1. The van der Waals surface area contributed by atoms with Crippen molar-refractivity contribution in [3.63, 3.8) is 0 Å². The van der Waals surface area contributed by atoms with Crippen molar-refractivity contribution in [2.45, 2.75) is 13.5 Å². The summed E-state index contributed by atoms with van der Waals surface area (Å²) in [6.45, 7) is 2.80. The van der Waals surface area contributed by atoms with E-state index in [1.165, 1.54) is 0 Å². The van der Waals surface area contributed by atoms with Crippen LogP contribution in [-0.2, 0) is 6.54 Å². The van der Waals surface area contributed by atoms with Crippen LogP contribution in [0.15, 0.2) is 22.7 Å². The van der Waals surface area contributed by atoms with Gasteiger partial charge in [-0.05, 0) is 19.1 Å². The highest BCUT2D eigenvalue weighted by Crippen LogP contribution is 2.33. The molecule has 7 heteroatoms. The summed E-state index contributed by atoms with van der Waals surface area (Å²) < 4.78 is 15.9. The Hall–Kier alpha value is -2.57. The number of hydrogen-bond donors (Lipinski definition) is 1. The van der Waals surface area contributed by atoms with Crippen LogP contribution < -0.4 is 14.8 Å². The fourth-order valence-electron chi connectivity index (χ4n) is 1.92. The number of hydrogen-bond acceptors (Lipinski definition) is 6. The zero-order valence-electron chi connectivity index (χ0n) is 10.9. The van der Waals surface area contributed by atoms with Crippen molar-refractivity contribution in [1.82, 2.24) is 15.5 Å². The van der Waals surface area contributed by atoms with Gasteiger partial charge in [-0.1, -0.05) is 11.2 Å². The summed E-state index contributed by atoms with van der Waals surface area (Å²) in [5.41, 5.74) is 0.429. The fraction of sp³-hybridized carbons (Fsp3) is 0.308. The number of benzene rings is 1. The van der Waals surface area contributed by atoms with Gasteiger partial charge in [0.05, 0.1) is 12.1 Å². The van der Waals surface area contributed by atoms with E-state index in [1.54, 1.807) is 25.1 Å². The number of amides is 1. The molecule has 0 fully saturated rings. The zero-order chi connectivity index (χ0) is 13.9. The van der Waals surface area contributed by atoms with Crippen LogP contribution in [0.3, 0.4) is 0 Å². The first-order chi connectivity index (χ1) is 9.74. The van der Waals surface area contributed by atoms with Crippen molar-refractivity contribution in [3.05, 3.63) is 35.5 Å². The van der Waals surface area contributed by atoms with Crippen molar-refractivity contribution in [2.24, 2.45) is 0 Å². The summed E-state index contributed by atoms with van der Waals surface area (Å²) in [4.78, 5) is 16.2. The van der Waals surface area contributed by atoms with E-state index in [0.717, 1.165) is 0 Å². The fourth-order valence-corrected chi connectivity index (χ4v) is 1.92. The molecule has 0 radical (unpaired) electrons. The third kappa shape index (κ3) is 2.42. The predicted octanol–water partition coefficient (Wildman–Crippen LogP) is 1.08. The lowest BCUT2D eigenvalue weighted by Gasteiger charge is -2.20. The van der Waals surface area contributed by atoms with E-state index in [1.807, 2.05) is 0 Å². The Balaban J connectivity index is 1.74. The second-order valence-electron chi connectivity index (χ2n) is 4.25. The average molecular weight is 275 g/mol. The summed E-state index contributed by atoms with van der Waals surface area (Å²) in [6.07, 6.45) is 0. The van der Waals surface area contributed by atoms with Gasteiger partial charge in [0.15, 0.2) is 17.3 Å². The molecule has 1 aliphatic rings. The van der Waals surface area contributed by atoms with Gasteiger partial charge in [-0.15, -0.1) is 0 Å². The van der Waals surface area contributed by atoms with Crippen LogP contribution in [0.25, 0.3) is 0 Å². The molecular formula is C13H13N3O4. The largest absolute Gasteiger partial charge is 0.486 e. The second-order valence-corrected chi connectivity index (χ2v) is 4.25. The topological polar surface area (TPSA) is 86.5 Å². The minimum atomic E-state index is -0.275. The van der Waals surface area contributed by atoms with E-state index in [9.17, 15) is 4.79 Å². The molecule has 2 aromatic rings. The molecule has 20 heavy (non-hydrogen) atoms. The molecule has 0 spiro atoms. The zero-order valence-corrected chi connectivity index (χ0v) is 10.9. The van der Waals surface area contributed by atoms with E-state index in [-0.39, 0.29) is 12.5 Å². The van der Waals surface area contributed by atoms with Crippen molar-refractivity contribution in [3.8, 4) is 11.5 Å². The molecule has 1 N–H and O–H groups in total. The summed E-state index contributed by atoms with van der Waals surface area (Å²) in [6, 6.07) is 5.20. The second kappa shape index (κ2) is 5.20. The van der Waals surface area contributed by atoms with Crippen molar-refractivity contribution < 1.29 is 18.8 Å². The molecule has 0 atom stereocenters. The molecule has 1 aromatic carbocycles. The molecule has 0 aliphatic carbocycles. The average Bonchev–Trinajstić information content (AvgIpc) is 2.90. The molecule has 0 saturated heterocycles. The van der Waals surface area contributed by atoms with Crippen molar-refractivity contribution in [1.29, 1.82) is 0 Å². The Morgan fingerprint density at radius 2 is 2.20 bits per heavy atom. The van der Waals surface area contributed by atoms with Gasteiger partial charge in [0.1, 0.15) is 13.2 Å². The molecule has 2 heterocycles.